The van der Waals surface area contributed by atoms with Gasteiger partial charge < -0.3 is 5.73 Å². The SMILES string of the molecule is CCCCN(CCCC)S(=O)(=O)c1ccc(N)cc1C#N. The number of sulfonamides is 1. The molecular weight excluding hydrogens is 286 g/mol. The van der Waals surface area contributed by atoms with Gasteiger partial charge >= 0.3 is 0 Å². The fraction of sp³-hybridized carbons (Fsp3) is 0.533. The molecule has 6 heteroatoms. The molecule has 0 fully saturated rings. The van der Waals surface area contributed by atoms with Crippen LogP contribution in [-0.2, 0) is 10.0 Å². The molecule has 0 heterocycles. The summed E-state index contributed by atoms with van der Waals surface area (Å²) in [5, 5.41) is 9.15. The van der Waals surface area contributed by atoms with E-state index in [1.807, 2.05) is 19.9 Å². The van der Waals surface area contributed by atoms with Gasteiger partial charge in [0.1, 0.15) is 11.0 Å². The van der Waals surface area contributed by atoms with E-state index in [4.69, 9.17) is 11.0 Å². The van der Waals surface area contributed by atoms with Gasteiger partial charge in [-0.3, -0.25) is 0 Å². The van der Waals surface area contributed by atoms with E-state index in [1.165, 1.54) is 22.5 Å². The molecule has 0 unspecified atom stereocenters. The van der Waals surface area contributed by atoms with Crippen molar-refractivity contribution in [3.8, 4) is 6.07 Å². The van der Waals surface area contributed by atoms with Gasteiger partial charge in [-0.1, -0.05) is 26.7 Å². The Balaban J connectivity index is 3.18. The van der Waals surface area contributed by atoms with Crippen LogP contribution in [0.2, 0.25) is 0 Å². The zero-order valence-electron chi connectivity index (χ0n) is 12.7. The van der Waals surface area contributed by atoms with E-state index in [1.54, 1.807) is 0 Å². The highest BCUT2D eigenvalue weighted by Crippen LogP contribution is 2.23. The first-order valence-electron chi connectivity index (χ1n) is 7.27. The monoisotopic (exact) mass is 309 g/mol. The topological polar surface area (TPSA) is 87.2 Å². The van der Waals surface area contributed by atoms with E-state index in [0.717, 1.165) is 25.7 Å². The second-order valence-corrected chi connectivity index (χ2v) is 6.88. The summed E-state index contributed by atoms with van der Waals surface area (Å²) in [6.45, 7) is 5.01. The molecule has 0 atom stereocenters. The highest BCUT2D eigenvalue weighted by molar-refractivity contribution is 7.89. The number of nitriles is 1. The Morgan fingerprint density at radius 1 is 1.19 bits per heavy atom. The van der Waals surface area contributed by atoms with Crippen LogP contribution in [0.15, 0.2) is 23.1 Å². The summed E-state index contributed by atoms with van der Waals surface area (Å²) in [5.41, 5.74) is 6.12. The van der Waals surface area contributed by atoms with Crippen molar-refractivity contribution in [2.45, 2.75) is 44.4 Å². The van der Waals surface area contributed by atoms with E-state index in [2.05, 4.69) is 0 Å². The van der Waals surface area contributed by atoms with Gasteiger partial charge in [0.05, 0.1) is 5.56 Å². The zero-order valence-corrected chi connectivity index (χ0v) is 13.5. The van der Waals surface area contributed by atoms with Crippen molar-refractivity contribution in [3.05, 3.63) is 23.8 Å². The van der Waals surface area contributed by atoms with E-state index >= 15 is 0 Å². The van der Waals surface area contributed by atoms with Crippen LogP contribution < -0.4 is 5.73 Å². The standard InChI is InChI=1S/C15H23N3O2S/c1-3-5-9-18(10-6-4-2)21(19,20)15-8-7-14(17)11-13(15)12-16/h7-8,11H,3-6,9-10,17H2,1-2H3. The van der Waals surface area contributed by atoms with Crippen LogP contribution in [0.25, 0.3) is 0 Å². The van der Waals surface area contributed by atoms with E-state index in [0.29, 0.717) is 18.8 Å². The molecule has 0 radical (unpaired) electrons. The van der Waals surface area contributed by atoms with Crippen molar-refractivity contribution in [2.75, 3.05) is 18.8 Å². The largest absolute Gasteiger partial charge is 0.399 e. The molecule has 1 aromatic rings. The molecule has 21 heavy (non-hydrogen) atoms. The van der Waals surface area contributed by atoms with Gasteiger partial charge in [-0.15, -0.1) is 0 Å². The second kappa shape index (κ2) is 8.01. The number of hydrogen-bond donors (Lipinski definition) is 1. The third kappa shape index (κ3) is 4.45. The first-order chi connectivity index (χ1) is 9.97. The normalized spacial score (nSPS) is 11.5. The van der Waals surface area contributed by atoms with Gasteiger partial charge in [-0.2, -0.15) is 9.57 Å². The molecule has 0 saturated carbocycles. The van der Waals surface area contributed by atoms with E-state index in [9.17, 15) is 8.42 Å². The summed E-state index contributed by atoms with van der Waals surface area (Å²) < 4.78 is 27.0. The molecule has 1 aromatic carbocycles. The number of benzene rings is 1. The van der Waals surface area contributed by atoms with Crippen molar-refractivity contribution >= 4 is 15.7 Å². The highest BCUT2D eigenvalue weighted by atomic mass is 32.2. The summed E-state index contributed by atoms with van der Waals surface area (Å²) in [6.07, 6.45) is 3.45. The predicted octanol–water partition coefficient (Wildman–Crippen LogP) is 2.73. The minimum absolute atomic E-state index is 0.0476. The van der Waals surface area contributed by atoms with Crippen LogP contribution in [0, 0.1) is 11.3 Å². The highest BCUT2D eigenvalue weighted by Gasteiger charge is 2.26. The predicted molar refractivity (Wildman–Crippen MR) is 84.1 cm³/mol. The average Bonchev–Trinajstić information content (AvgIpc) is 2.46. The molecule has 116 valence electrons. The molecule has 0 bridgehead atoms. The summed E-state index contributed by atoms with van der Waals surface area (Å²) in [6, 6.07) is 6.28. The molecule has 0 aliphatic rings. The lowest BCUT2D eigenvalue weighted by molar-refractivity contribution is 0.395. The quantitative estimate of drug-likeness (QED) is 0.748. The molecule has 0 amide bonds. The Kier molecular flexibility index (Phi) is 6.66. The Bertz CT molecular complexity index is 598. The maximum absolute atomic E-state index is 12.8. The lowest BCUT2D eigenvalue weighted by Crippen LogP contribution is -2.33. The molecule has 1 rings (SSSR count). The minimum atomic E-state index is -3.65. The van der Waals surface area contributed by atoms with Crippen LogP contribution in [0.1, 0.15) is 45.1 Å². The van der Waals surface area contributed by atoms with Crippen LogP contribution >= 0.6 is 0 Å². The molecule has 0 saturated heterocycles. The van der Waals surface area contributed by atoms with Crippen molar-refractivity contribution in [3.63, 3.8) is 0 Å². The van der Waals surface area contributed by atoms with Gasteiger partial charge in [0, 0.05) is 18.8 Å². The van der Waals surface area contributed by atoms with Crippen LogP contribution in [0.4, 0.5) is 5.69 Å². The minimum Gasteiger partial charge on any atom is -0.399 e. The third-order valence-corrected chi connectivity index (χ3v) is 5.22. The fourth-order valence-corrected chi connectivity index (χ4v) is 3.66. The van der Waals surface area contributed by atoms with Crippen LogP contribution in [0.3, 0.4) is 0 Å². The molecule has 0 aliphatic heterocycles. The maximum atomic E-state index is 12.8. The van der Waals surface area contributed by atoms with Gasteiger partial charge in [0.2, 0.25) is 10.0 Å². The average molecular weight is 309 g/mol. The van der Waals surface area contributed by atoms with Crippen LogP contribution in [0.5, 0.6) is 0 Å². The number of anilines is 1. The molecule has 0 spiro atoms. The summed E-state index contributed by atoms with van der Waals surface area (Å²) in [5.74, 6) is 0. The molecular formula is C15H23N3O2S. The van der Waals surface area contributed by atoms with Gasteiger partial charge in [0.15, 0.2) is 0 Å². The molecule has 2 N–H and O–H groups in total. The zero-order chi connectivity index (χ0) is 15.9. The number of nitrogen functional groups attached to an aromatic ring is 1. The number of hydrogen-bond acceptors (Lipinski definition) is 4. The smallest absolute Gasteiger partial charge is 0.244 e. The Labute approximate surface area is 127 Å². The fourth-order valence-electron chi connectivity index (χ4n) is 2.02. The number of unbranched alkanes of at least 4 members (excludes halogenated alkanes) is 2. The summed E-state index contributed by atoms with van der Waals surface area (Å²) in [4.78, 5) is 0.0476. The Morgan fingerprint density at radius 3 is 2.24 bits per heavy atom. The van der Waals surface area contributed by atoms with Crippen molar-refractivity contribution in [2.24, 2.45) is 0 Å². The summed E-state index contributed by atoms with van der Waals surface area (Å²) >= 11 is 0. The Morgan fingerprint density at radius 2 is 1.76 bits per heavy atom. The number of rotatable bonds is 8. The lowest BCUT2D eigenvalue weighted by atomic mass is 10.2. The van der Waals surface area contributed by atoms with Crippen LogP contribution in [-0.4, -0.2) is 25.8 Å². The third-order valence-electron chi connectivity index (χ3n) is 3.26. The Hall–Kier alpha value is -1.58. The number of nitrogens with zero attached hydrogens (tertiary/aromatic N) is 2. The molecule has 0 aromatic heterocycles. The molecule has 5 nitrogen and oxygen atoms in total. The lowest BCUT2D eigenvalue weighted by Gasteiger charge is -2.22. The van der Waals surface area contributed by atoms with E-state index in [-0.39, 0.29) is 10.5 Å². The van der Waals surface area contributed by atoms with Crippen molar-refractivity contribution in [1.29, 1.82) is 5.26 Å². The first kappa shape index (κ1) is 17.5. The summed E-state index contributed by atoms with van der Waals surface area (Å²) in [7, 11) is -3.65. The van der Waals surface area contributed by atoms with E-state index < -0.39 is 10.0 Å². The van der Waals surface area contributed by atoms with Crippen molar-refractivity contribution < 1.29 is 8.42 Å². The van der Waals surface area contributed by atoms with Gasteiger partial charge in [0.25, 0.3) is 0 Å². The molecule has 0 aliphatic carbocycles. The first-order valence-corrected chi connectivity index (χ1v) is 8.71. The second-order valence-electron chi connectivity index (χ2n) is 4.98. The van der Waals surface area contributed by atoms with Gasteiger partial charge in [-0.25, -0.2) is 8.42 Å². The maximum Gasteiger partial charge on any atom is 0.244 e. The van der Waals surface area contributed by atoms with Crippen molar-refractivity contribution in [1.82, 2.24) is 4.31 Å². The van der Waals surface area contributed by atoms with Gasteiger partial charge in [-0.05, 0) is 31.0 Å². The number of nitrogens with two attached hydrogens (primary N) is 1.